The van der Waals surface area contributed by atoms with E-state index in [9.17, 15) is 35.1 Å². The maximum absolute atomic E-state index is 13.0. The predicted octanol–water partition coefficient (Wildman–Crippen LogP) is 18.7. The van der Waals surface area contributed by atoms with Crippen LogP contribution in [0, 0.1) is 0 Å². The van der Waals surface area contributed by atoms with Gasteiger partial charge in [0, 0.05) is 12.8 Å². The fourth-order valence-corrected chi connectivity index (χ4v) is 11.4. The molecule has 1 rings (SSSR count). The normalized spacial score (nSPS) is 18.2. The highest BCUT2D eigenvalue weighted by Crippen LogP contribution is 2.23. The molecule has 1 fully saturated rings. The fourth-order valence-electron chi connectivity index (χ4n) is 11.4. The number of allylic oxidation sites excluding steroid dienone is 7. The monoisotopic (exact) mass is 1200 g/mol. The Bertz CT molecular complexity index is 1550. The zero-order chi connectivity index (χ0) is 61.6. The highest BCUT2D eigenvalue weighted by molar-refractivity contribution is 5.76. The van der Waals surface area contributed by atoms with E-state index in [1.54, 1.807) is 6.08 Å². The van der Waals surface area contributed by atoms with Crippen molar-refractivity contribution in [3.63, 3.8) is 0 Å². The number of ether oxygens (including phenoxy) is 3. The van der Waals surface area contributed by atoms with Gasteiger partial charge in [0.15, 0.2) is 6.29 Å². The molecule has 1 saturated heterocycles. The molecule has 498 valence electrons. The lowest BCUT2D eigenvalue weighted by molar-refractivity contribution is -0.302. The highest BCUT2D eigenvalue weighted by atomic mass is 16.7. The first-order chi connectivity index (χ1) is 41.7. The van der Waals surface area contributed by atoms with Crippen LogP contribution in [0.5, 0.6) is 0 Å². The van der Waals surface area contributed by atoms with Crippen molar-refractivity contribution < 1.29 is 49.3 Å². The van der Waals surface area contributed by atoms with Crippen molar-refractivity contribution in [2.45, 2.75) is 391 Å². The van der Waals surface area contributed by atoms with E-state index in [1.165, 1.54) is 257 Å². The van der Waals surface area contributed by atoms with E-state index < -0.39 is 49.5 Å². The number of aliphatic hydroxyl groups excluding tert-OH is 5. The minimum Gasteiger partial charge on any atom is -0.466 e. The fraction of sp³-hybridized carbons (Fsp3) is 0.865. The number of hydrogen-bond acceptors (Lipinski definition) is 10. The van der Waals surface area contributed by atoms with E-state index in [4.69, 9.17) is 14.2 Å². The summed E-state index contributed by atoms with van der Waals surface area (Å²) >= 11 is 0. The van der Waals surface area contributed by atoms with Gasteiger partial charge in [-0.15, -0.1) is 0 Å². The van der Waals surface area contributed by atoms with E-state index in [-0.39, 0.29) is 18.5 Å². The van der Waals surface area contributed by atoms with E-state index in [0.29, 0.717) is 19.4 Å². The molecule has 1 aliphatic heterocycles. The molecule has 7 unspecified atom stereocenters. The van der Waals surface area contributed by atoms with Crippen LogP contribution >= 0.6 is 0 Å². The summed E-state index contributed by atoms with van der Waals surface area (Å²) in [5.74, 6) is -0.182. The summed E-state index contributed by atoms with van der Waals surface area (Å²) < 4.78 is 16.7. The van der Waals surface area contributed by atoms with Crippen LogP contribution < -0.4 is 5.32 Å². The first kappa shape index (κ1) is 80.6. The number of carbonyl (C=O) groups is 2. The molecule has 0 saturated carbocycles. The number of aliphatic hydroxyl groups is 5. The first-order valence-electron chi connectivity index (χ1n) is 36.4. The standard InChI is InChI=1S/C74H137NO10/c1-3-5-7-9-11-13-15-16-39-42-46-50-54-58-62-70(79)83-63-59-55-51-47-43-40-37-35-33-31-29-27-25-23-21-19-17-18-20-22-24-26-28-30-32-34-36-38-41-45-49-53-57-61-69(78)75-66(65-84-74-73(82)72(81)71(80)68(64-76)85-74)67(77)60-56-52-48-44-14-12-10-8-6-4-2/h15-16,21,23,27,29,56,60,66-68,71-74,76-77,80-82H,3-14,17-20,22,24-26,28,30-55,57-59,61-65H2,1-2H3,(H,75,78)/b16-15-,23-21-,29-27-,60-56+. The van der Waals surface area contributed by atoms with Gasteiger partial charge in [-0.1, -0.05) is 294 Å². The largest absolute Gasteiger partial charge is 0.466 e. The Morgan fingerprint density at radius 1 is 0.435 bits per heavy atom. The van der Waals surface area contributed by atoms with Crippen LogP contribution in [0.4, 0.5) is 0 Å². The zero-order valence-corrected chi connectivity index (χ0v) is 55.3. The second kappa shape index (κ2) is 63.2. The SMILES string of the molecule is CCCCCCC/C=C\CCCCCCCC(=O)OCCCCCCCCCCC/C=C\C/C=C\CCCCCCCCCCCCCCCCCCCC(=O)NC(COC1OC(CO)C(O)C(O)C1O)C(O)/C=C/CCCCCCCCCC. The summed E-state index contributed by atoms with van der Waals surface area (Å²) in [7, 11) is 0. The molecule has 0 bridgehead atoms. The minimum absolute atomic E-state index is 0.00162. The average Bonchev–Trinajstić information content (AvgIpc) is 3.33. The lowest BCUT2D eigenvalue weighted by atomic mass is 9.99. The number of nitrogens with one attached hydrogen (secondary N) is 1. The van der Waals surface area contributed by atoms with Gasteiger partial charge in [-0.05, 0) is 89.9 Å². The van der Waals surface area contributed by atoms with Gasteiger partial charge in [-0.2, -0.15) is 0 Å². The summed E-state index contributed by atoms with van der Waals surface area (Å²) in [5, 5.41) is 54.4. The Balaban J connectivity index is 1.92. The second-order valence-electron chi connectivity index (χ2n) is 25.3. The Morgan fingerprint density at radius 2 is 0.788 bits per heavy atom. The van der Waals surface area contributed by atoms with Gasteiger partial charge in [-0.3, -0.25) is 9.59 Å². The van der Waals surface area contributed by atoms with Gasteiger partial charge < -0.3 is 45.1 Å². The Morgan fingerprint density at radius 3 is 1.20 bits per heavy atom. The molecule has 1 heterocycles. The van der Waals surface area contributed by atoms with Gasteiger partial charge in [0.2, 0.25) is 5.91 Å². The van der Waals surface area contributed by atoms with Crippen LogP contribution in [0.2, 0.25) is 0 Å². The van der Waals surface area contributed by atoms with Crippen LogP contribution in [0.25, 0.3) is 0 Å². The third-order valence-corrected chi connectivity index (χ3v) is 17.2. The summed E-state index contributed by atoms with van der Waals surface area (Å²) in [6.07, 6.45) is 72.6. The van der Waals surface area contributed by atoms with E-state index in [1.807, 2.05) is 6.08 Å². The summed E-state index contributed by atoms with van der Waals surface area (Å²) in [6.45, 7) is 4.34. The van der Waals surface area contributed by atoms with Crippen LogP contribution in [0.1, 0.15) is 348 Å². The summed E-state index contributed by atoms with van der Waals surface area (Å²) in [4.78, 5) is 25.1. The van der Waals surface area contributed by atoms with Crippen molar-refractivity contribution in [3.05, 3.63) is 48.6 Å². The molecule has 11 nitrogen and oxygen atoms in total. The molecule has 0 aromatic heterocycles. The predicted molar refractivity (Wildman–Crippen MR) is 357 cm³/mol. The van der Waals surface area contributed by atoms with Crippen molar-refractivity contribution in [1.29, 1.82) is 0 Å². The molecule has 0 aromatic rings. The van der Waals surface area contributed by atoms with Crippen molar-refractivity contribution in [2.75, 3.05) is 19.8 Å². The van der Waals surface area contributed by atoms with E-state index >= 15 is 0 Å². The van der Waals surface area contributed by atoms with Crippen LogP contribution in [0.3, 0.4) is 0 Å². The Hall–Kier alpha value is -2.38. The number of carbonyl (C=O) groups excluding carboxylic acids is 2. The van der Waals surface area contributed by atoms with Gasteiger partial charge in [0.05, 0.1) is 32.0 Å². The maximum atomic E-state index is 13.0. The number of hydrogen-bond donors (Lipinski definition) is 6. The van der Waals surface area contributed by atoms with Gasteiger partial charge in [0.25, 0.3) is 0 Å². The lowest BCUT2D eigenvalue weighted by Gasteiger charge is -2.40. The van der Waals surface area contributed by atoms with Crippen molar-refractivity contribution in [2.24, 2.45) is 0 Å². The molecule has 0 aliphatic carbocycles. The van der Waals surface area contributed by atoms with Crippen molar-refractivity contribution >= 4 is 11.9 Å². The second-order valence-corrected chi connectivity index (χ2v) is 25.3. The molecule has 6 N–H and O–H groups in total. The average molecular weight is 1200 g/mol. The molecule has 1 amide bonds. The van der Waals surface area contributed by atoms with Crippen LogP contribution in [0.15, 0.2) is 48.6 Å². The van der Waals surface area contributed by atoms with Crippen LogP contribution in [-0.4, -0.2) is 100 Å². The molecular formula is C74H137NO10. The molecule has 1 aliphatic rings. The molecule has 7 atom stereocenters. The van der Waals surface area contributed by atoms with E-state index in [2.05, 4.69) is 55.6 Å². The topological polar surface area (TPSA) is 175 Å². The van der Waals surface area contributed by atoms with Crippen molar-refractivity contribution in [1.82, 2.24) is 5.32 Å². The summed E-state index contributed by atoms with van der Waals surface area (Å²) in [5.41, 5.74) is 0. The van der Waals surface area contributed by atoms with Gasteiger partial charge >= 0.3 is 5.97 Å². The Kier molecular flexibility index (Phi) is 60.0. The highest BCUT2D eigenvalue weighted by Gasteiger charge is 2.44. The minimum atomic E-state index is -1.57. The number of amides is 1. The molecule has 85 heavy (non-hydrogen) atoms. The van der Waals surface area contributed by atoms with Gasteiger partial charge in [-0.25, -0.2) is 0 Å². The molecule has 0 radical (unpaired) electrons. The van der Waals surface area contributed by atoms with Crippen LogP contribution in [-0.2, 0) is 23.8 Å². The lowest BCUT2D eigenvalue weighted by Crippen LogP contribution is -2.60. The number of esters is 1. The zero-order valence-electron chi connectivity index (χ0n) is 55.3. The smallest absolute Gasteiger partial charge is 0.305 e. The van der Waals surface area contributed by atoms with Crippen molar-refractivity contribution in [3.8, 4) is 0 Å². The Labute approximate surface area is 523 Å². The molecular weight excluding hydrogens is 1060 g/mol. The first-order valence-corrected chi connectivity index (χ1v) is 36.4. The molecule has 0 aromatic carbocycles. The summed E-state index contributed by atoms with van der Waals surface area (Å²) in [6, 6.07) is -0.808. The number of rotatable bonds is 64. The third kappa shape index (κ3) is 52.1. The number of unbranched alkanes of at least 4 members (excludes halogenated alkanes) is 44. The third-order valence-electron chi connectivity index (χ3n) is 17.2. The van der Waals surface area contributed by atoms with E-state index in [0.717, 1.165) is 64.2 Å². The van der Waals surface area contributed by atoms with Gasteiger partial charge in [0.1, 0.15) is 24.4 Å². The maximum Gasteiger partial charge on any atom is 0.305 e. The molecule has 11 heteroatoms. The molecule has 0 spiro atoms. The quantitative estimate of drug-likeness (QED) is 0.0195.